The van der Waals surface area contributed by atoms with E-state index in [0.29, 0.717) is 0 Å². The second kappa shape index (κ2) is 6.18. The fraction of sp³-hybridized carbons (Fsp3) is 0.500. The van der Waals surface area contributed by atoms with E-state index in [1.807, 2.05) is 13.0 Å². The summed E-state index contributed by atoms with van der Waals surface area (Å²) in [5.74, 6) is 1.68. The molecule has 0 saturated heterocycles. The Morgan fingerprint density at radius 2 is 2.00 bits per heavy atom. The van der Waals surface area contributed by atoms with Crippen LogP contribution in [0, 0.1) is 6.92 Å². The van der Waals surface area contributed by atoms with Gasteiger partial charge in [-0.2, -0.15) is 0 Å². The van der Waals surface area contributed by atoms with Crippen molar-refractivity contribution < 1.29 is 0 Å². The minimum Gasteiger partial charge on any atom is -0.370 e. The topological polar surface area (TPSA) is 50.7 Å². The van der Waals surface area contributed by atoms with E-state index >= 15 is 0 Å². The van der Waals surface area contributed by atoms with Crippen molar-refractivity contribution in [2.75, 3.05) is 11.9 Å². The van der Waals surface area contributed by atoms with Crippen LogP contribution < -0.4 is 5.32 Å². The largest absolute Gasteiger partial charge is 0.370 e. The lowest BCUT2D eigenvalue weighted by Gasteiger charge is -2.17. The number of rotatable bonds is 4. The standard InChI is InChI=1S/C14H19BrN4S/c1-9-17-10(8-20-9)5-6-16-12-7-11(15)18-13(19-12)14(2,3)4/h7-8H,5-6H2,1-4H3,(H,16,18,19). The fourth-order valence-electron chi connectivity index (χ4n) is 1.69. The van der Waals surface area contributed by atoms with Crippen LogP contribution in [0.3, 0.4) is 0 Å². The maximum Gasteiger partial charge on any atom is 0.137 e. The molecule has 0 fully saturated rings. The van der Waals surface area contributed by atoms with Crippen LogP contribution in [0.2, 0.25) is 0 Å². The molecule has 108 valence electrons. The Labute approximate surface area is 132 Å². The van der Waals surface area contributed by atoms with E-state index in [2.05, 4.69) is 62.3 Å². The molecule has 0 saturated carbocycles. The van der Waals surface area contributed by atoms with Crippen molar-refractivity contribution in [1.29, 1.82) is 0 Å². The molecule has 2 aromatic rings. The van der Waals surface area contributed by atoms with Gasteiger partial charge in [0, 0.05) is 29.8 Å². The first-order valence-corrected chi connectivity index (χ1v) is 8.22. The number of anilines is 1. The molecule has 0 aromatic carbocycles. The molecule has 0 amide bonds. The third-order valence-corrected chi connectivity index (χ3v) is 3.95. The Bertz CT molecular complexity index is 589. The van der Waals surface area contributed by atoms with Gasteiger partial charge in [-0.25, -0.2) is 15.0 Å². The Morgan fingerprint density at radius 3 is 2.60 bits per heavy atom. The molecule has 0 aliphatic rings. The Morgan fingerprint density at radius 1 is 1.25 bits per heavy atom. The first kappa shape index (κ1) is 15.4. The lowest BCUT2D eigenvalue weighted by atomic mass is 9.96. The summed E-state index contributed by atoms with van der Waals surface area (Å²) >= 11 is 5.13. The zero-order valence-corrected chi connectivity index (χ0v) is 14.6. The van der Waals surface area contributed by atoms with E-state index in [1.165, 1.54) is 0 Å². The van der Waals surface area contributed by atoms with Gasteiger partial charge < -0.3 is 5.32 Å². The molecular weight excluding hydrogens is 336 g/mol. The van der Waals surface area contributed by atoms with Crippen molar-refractivity contribution in [3.05, 3.63) is 32.6 Å². The van der Waals surface area contributed by atoms with Gasteiger partial charge in [0.05, 0.1) is 10.7 Å². The molecule has 0 unspecified atom stereocenters. The summed E-state index contributed by atoms with van der Waals surface area (Å²) in [5.41, 5.74) is 1.07. The van der Waals surface area contributed by atoms with Crippen LogP contribution in [0.15, 0.2) is 16.0 Å². The summed E-state index contributed by atoms with van der Waals surface area (Å²) < 4.78 is 0.810. The Hall–Kier alpha value is -1.01. The monoisotopic (exact) mass is 354 g/mol. The summed E-state index contributed by atoms with van der Waals surface area (Å²) in [5, 5.41) is 6.55. The number of aryl methyl sites for hydroxylation is 1. The lowest BCUT2D eigenvalue weighted by molar-refractivity contribution is 0.544. The summed E-state index contributed by atoms with van der Waals surface area (Å²) in [7, 11) is 0. The number of thiazole rings is 1. The van der Waals surface area contributed by atoms with Crippen molar-refractivity contribution in [3.63, 3.8) is 0 Å². The molecule has 0 aliphatic heterocycles. The molecule has 0 spiro atoms. The minimum absolute atomic E-state index is 0.0633. The van der Waals surface area contributed by atoms with Crippen molar-refractivity contribution in [1.82, 2.24) is 15.0 Å². The van der Waals surface area contributed by atoms with Crippen LogP contribution in [0.5, 0.6) is 0 Å². The molecule has 4 nitrogen and oxygen atoms in total. The molecule has 6 heteroatoms. The molecule has 2 aromatic heterocycles. The fourth-order valence-corrected chi connectivity index (χ4v) is 2.72. The predicted octanol–water partition coefficient (Wildman–Crippen LogP) is 3.96. The smallest absolute Gasteiger partial charge is 0.137 e. The van der Waals surface area contributed by atoms with Crippen LogP contribution in [-0.2, 0) is 11.8 Å². The van der Waals surface area contributed by atoms with Gasteiger partial charge in [-0.05, 0) is 22.9 Å². The van der Waals surface area contributed by atoms with Gasteiger partial charge in [0.1, 0.15) is 16.2 Å². The zero-order chi connectivity index (χ0) is 14.8. The van der Waals surface area contributed by atoms with Crippen LogP contribution in [0.25, 0.3) is 0 Å². The average Bonchev–Trinajstić information content (AvgIpc) is 2.73. The van der Waals surface area contributed by atoms with Crippen molar-refractivity contribution in [3.8, 4) is 0 Å². The quantitative estimate of drug-likeness (QED) is 0.844. The number of hydrogen-bond donors (Lipinski definition) is 1. The Kier molecular flexibility index (Phi) is 4.75. The van der Waals surface area contributed by atoms with E-state index in [0.717, 1.165) is 39.9 Å². The van der Waals surface area contributed by atoms with E-state index in [9.17, 15) is 0 Å². The van der Waals surface area contributed by atoms with Gasteiger partial charge in [0.15, 0.2) is 0 Å². The third-order valence-electron chi connectivity index (χ3n) is 2.72. The number of nitrogens with zero attached hydrogens (tertiary/aromatic N) is 3. The molecule has 1 N–H and O–H groups in total. The summed E-state index contributed by atoms with van der Waals surface area (Å²) in [6, 6.07) is 1.90. The SMILES string of the molecule is Cc1nc(CCNc2cc(Br)nc(C(C)(C)C)n2)cs1. The highest BCUT2D eigenvalue weighted by molar-refractivity contribution is 9.10. The first-order chi connectivity index (χ1) is 9.34. The minimum atomic E-state index is -0.0633. The molecule has 0 aliphatic carbocycles. The second-order valence-electron chi connectivity index (χ2n) is 5.68. The normalized spacial score (nSPS) is 11.7. The van der Waals surface area contributed by atoms with Crippen LogP contribution in [-0.4, -0.2) is 21.5 Å². The molecule has 0 atom stereocenters. The third kappa shape index (κ3) is 4.24. The lowest BCUT2D eigenvalue weighted by Crippen LogP contribution is -2.18. The van der Waals surface area contributed by atoms with Crippen molar-refractivity contribution in [2.45, 2.75) is 39.5 Å². The number of nitrogens with one attached hydrogen (secondary N) is 1. The maximum atomic E-state index is 4.57. The van der Waals surface area contributed by atoms with Gasteiger partial charge in [0.25, 0.3) is 0 Å². The van der Waals surface area contributed by atoms with E-state index in [4.69, 9.17) is 0 Å². The van der Waals surface area contributed by atoms with Gasteiger partial charge in [-0.1, -0.05) is 20.8 Å². The number of halogens is 1. The van der Waals surface area contributed by atoms with Gasteiger partial charge in [-0.15, -0.1) is 11.3 Å². The Balaban J connectivity index is 2.00. The van der Waals surface area contributed by atoms with Crippen LogP contribution in [0.4, 0.5) is 5.82 Å². The average molecular weight is 355 g/mol. The molecular formula is C14H19BrN4S. The highest BCUT2D eigenvalue weighted by Crippen LogP contribution is 2.22. The van der Waals surface area contributed by atoms with Crippen molar-refractivity contribution in [2.24, 2.45) is 0 Å². The second-order valence-corrected chi connectivity index (χ2v) is 7.56. The van der Waals surface area contributed by atoms with E-state index in [1.54, 1.807) is 11.3 Å². The summed E-state index contributed by atoms with van der Waals surface area (Å²) in [6.07, 6.45) is 0.900. The van der Waals surface area contributed by atoms with Crippen LogP contribution in [0.1, 0.15) is 37.3 Å². The summed E-state index contributed by atoms with van der Waals surface area (Å²) in [4.78, 5) is 13.5. The number of aromatic nitrogens is 3. The van der Waals surface area contributed by atoms with Crippen molar-refractivity contribution >= 4 is 33.1 Å². The van der Waals surface area contributed by atoms with Gasteiger partial charge in [-0.3, -0.25) is 0 Å². The molecule has 0 bridgehead atoms. The maximum absolute atomic E-state index is 4.57. The molecule has 20 heavy (non-hydrogen) atoms. The summed E-state index contributed by atoms with van der Waals surface area (Å²) in [6.45, 7) is 9.17. The predicted molar refractivity (Wildman–Crippen MR) is 87.5 cm³/mol. The first-order valence-electron chi connectivity index (χ1n) is 6.54. The zero-order valence-electron chi connectivity index (χ0n) is 12.2. The highest BCUT2D eigenvalue weighted by Gasteiger charge is 2.18. The molecule has 2 rings (SSSR count). The van der Waals surface area contributed by atoms with Gasteiger partial charge >= 0.3 is 0 Å². The molecule has 0 radical (unpaired) electrons. The van der Waals surface area contributed by atoms with E-state index in [-0.39, 0.29) is 5.41 Å². The highest BCUT2D eigenvalue weighted by atomic mass is 79.9. The number of hydrogen-bond acceptors (Lipinski definition) is 5. The van der Waals surface area contributed by atoms with Crippen LogP contribution >= 0.6 is 27.3 Å². The van der Waals surface area contributed by atoms with Gasteiger partial charge in [0.2, 0.25) is 0 Å². The van der Waals surface area contributed by atoms with E-state index < -0.39 is 0 Å². The molecule has 2 heterocycles.